The Morgan fingerprint density at radius 2 is 1.57 bits per heavy atom. The van der Waals surface area contributed by atoms with Gasteiger partial charge < -0.3 is 4.90 Å². The number of hydrogen-bond donors (Lipinski definition) is 0. The molecule has 2 aromatic carbocycles. The van der Waals surface area contributed by atoms with Gasteiger partial charge in [-0.2, -0.15) is 11.8 Å². The first-order chi connectivity index (χ1) is 14.6. The number of nitrogens with zero attached hydrogens (tertiary/aromatic N) is 1. The molecule has 0 bridgehead atoms. The van der Waals surface area contributed by atoms with Crippen molar-refractivity contribution in [1.82, 2.24) is 0 Å². The quantitative estimate of drug-likeness (QED) is 0.272. The van der Waals surface area contributed by atoms with Gasteiger partial charge in [0, 0.05) is 40.7 Å². The normalized spacial score (nSPS) is 12.2. The van der Waals surface area contributed by atoms with E-state index in [0.717, 1.165) is 16.9 Å². The zero-order valence-corrected chi connectivity index (χ0v) is 19.8. The van der Waals surface area contributed by atoms with Crippen LogP contribution in [0.3, 0.4) is 0 Å². The number of rotatable bonds is 12. The largest absolute Gasteiger partial charge is 0.374 e. The third-order valence-corrected chi connectivity index (χ3v) is 7.76. The Morgan fingerprint density at radius 1 is 0.900 bits per heavy atom. The van der Waals surface area contributed by atoms with E-state index in [1.54, 1.807) is 6.07 Å². The molecule has 0 radical (unpaired) electrons. The van der Waals surface area contributed by atoms with Crippen molar-refractivity contribution in [3.05, 3.63) is 75.8 Å². The van der Waals surface area contributed by atoms with Gasteiger partial charge in [0.15, 0.2) is 0 Å². The lowest BCUT2D eigenvalue weighted by Gasteiger charge is -2.20. The molecular formula is C26H33NOS2. The van der Waals surface area contributed by atoms with Gasteiger partial charge in [-0.05, 0) is 37.1 Å². The number of benzene rings is 2. The summed E-state index contributed by atoms with van der Waals surface area (Å²) in [4.78, 5) is 14.3. The molecule has 1 heterocycles. The van der Waals surface area contributed by atoms with E-state index in [-0.39, 0.29) is 4.74 Å². The summed E-state index contributed by atoms with van der Waals surface area (Å²) < 4.78 is 1.21. The molecule has 0 saturated heterocycles. The highest BCUT2D eigenvalue weighted by atomic mass is 32.2. The number of thioether (sulfide) groups is 1. The minimum absolute atomic E-state index is 0.134. The first-order valence-corrected chi connectivity index (χ1v) is 12.9. The smallest absolute Gasteiger partial charge is 0.234 e. The third-order valence-electron chi connectivity index (χ3n) is 5.56. The predicted octanol–water partition coefficient (Wildman–Crippen LogP) is 7.53. The van der Waals surface area contributed by atoms with Crippen LogP contribution in [-0.2, 0) is 0 Å². The van der Waals surface area contributed by atoms with Crippen LogP contribution < -0.4 is 9.64 Å². The van der Waals surface area contributed by atoms with E-state index >= 15 is 0 Å². The number of hydrogen-bond acceptors (Lipinski definition) is 4. The lowest BCUT2D eigenvalue weighted by atomic mass is 10.1. The van der Waals surface area contributed by atoms with E-state index in [9.17, 15) is 4.79 Å². The first kappa shape index (κ1) is 22.9. The lowest BCUT2D eigenvalue weighted by Crippen LogP contribution is -2.19. The van der Waals surface area contributed by atoms with Gasteiger partial charge in [0.05, 0.1) is 0 Å². The second-order valence-electron chi connectivity index (χ2n) is 7.91. The van der Waals surface area contributed by atoms with Crippen LogP contribution in [0.15, 0.2) is 65.5 Å². The molecule has 0 aliphatic carbocycles. The summed E-state index contributed by atoms with van der Waals surface area (Å²) in [6.07, 6.45) is 7.70. The summed E-state index contributed by atoms with van der Waals surface area (Å²) in [7, 11) is 2.11. The summed E-state index contributed by atoms with van der Waals surface area (Å²) >= 11 is 3.40. The molecule has 30 heavy (non-hydrogen) atoms. The molecule has 0 fully saturated rings. The van der Waals surface area contributed by atoms with Crippen LogP contribution in [0.1, 0.15) is 56.3 Å². The van der Waals surface area contributed by atoms with Gasteiger partial charge in [-0.25, -0.2) is 0 Å². The van der Waals surface area contributed by atoms with Crippen LogP contribution in [0.2, 0.25) is 0 Å². The number of anilines is 1. The van der Waals surface area contributed by atoms with Gasteiger partial charge in [0.1, 0.15) is 0 Å². The molecule has 2 nitrogen and oxygen atoms in total. The van der Waals surface area contributed by atoms with Crippen molar-refractivity contribution in [2.24, 2.45) is 0 Å². The van der Waals surface area contributed by atoms with Crippen molar-refractivity contribution in [2.45, 2.75) is 50.7 Å². The van der Waals surface area contributed by atoms with Crippen molar-refractivity contribution < 1.29 is 0 Å². The second-order valence-corrected chi connectivity index (χ2v) is 10.4. The molecule has 0 amide bonds. The number of fused-ring (bicyclic) bond motifs is 1. The summed E-state index contributed by atoms with van der Waals surface area (Å²) in [6, 6.07) is 20.8. The van der Waals surface area contributed by atoms with E-state index < -0.39 is 0 Å². The van der Waals surface area contributed by atoms with Gasteiger partial charge in [-0.15, -0.1) is 0 Å². The zero-order valence-electron chi connectivity index (χ0n) is 18.2. The van der Waals surface area contributed by atoms with Crippen LogP contribution in [0.4, 0.5) is 5.69 Å². The summed E-state index contributed by atoms with van der Waals surface area (Å²) in [5.41, 5.74) is 2.50. The molecule has 3 rings (SSSR count). The van der Waals surface area contributed by atoms with Crippen LogP contribution in [0.25, 0.3) is 10.1 Å². The molecule has 0 N–H and O–H groups in total. The van der Waals surface area contributed by atoms with E-state index in [1.807, 2.05) is 12.1 Å². The van der Waals surface area contributed by atoms with Crippen molar-refractivity contribution in [1.29, 1.82) is 0 Å². The Morgan fingerprint density at radius 3 is 2.37 bits per heavy atom. The van der Waals surface area contributed by atoms with Gasteiger partial charge in [0.25, 0.3) is 0 Å². The maximum absolute atomic E-state index is 12.0. The van der Waals surface area contributed by atoms with E-state index in [2.05, 4.69) is 73.1 Å². The van der Waals surface area contributed by atoms with Gasteiger partial charge in [-0.1, -0.05) is 85.6 Å². The molecular weight excluding hydrogens is 406 g/mol. The summed E-state index contributed by atoms with van der Waals surface area (Å²) in [5.74, 6) is 1.25. The fourth-order valence-corrected chi connectivity index (χ4v) is 5.66. The monoisotopic (exact) mass is 439 g/mol. The molecule has 160 valence electrons. The third kappa shape index (κ3) is 6.88. The summed E-state index contributed by atoms with van der Waals surface area (Å²) in [6.45, 7) is 3.31. The minimum Gasteiger partial charge on any atom is -0.374 e. The minimum atomic E-state index is 0.134. The van der Waals surface area contributed by atoms with Crippen LogP contribution in [0.5, 0.6) is 0 Å². The SMILES string of the molecule is CC(SCCCCCCCCN(C)c1cc(=O)sc2ccccc12)c1ccccc1. The topological polar surface area (TPSA) is 20.3 Å². The maximum atomic E-state index is 12.0. The maximum Gasteiger partial charge on any atom is 0.234 e. The van der Waals surface area contributed by atoms with Gasteiger partial charge in [-0.3, -0.25) is 4.79 Å². The average molecular weight is 440 g/mol. The number of unbranched alkanes of at least 4 members (excludes halogenated alkanes) is 5. The molecule has 0 spiro atoms. The molecule has 0 aliphatic rings. The fourth-order valence-electron chi connectivity index (χ4n) is 3.77. The molecule has 3 aromatic rings. The molecule has 0 aliphatic heterocycles. The summed E-state index contributed by atoms with van der Waals surface area (Å²) in [5, 5.41) is 1.78. The van der Waals surface area contributed by atoms with Crippen molar-refractivity contribution in [3.63, 3.8) is 0 Å². The van der Waals surface area contributed by atoms with E-state index in [1.165, 1.54) is 66.6 Å². The molecule has 0 saturated carbocycles. The van der Waals surface area contributed by atoms with Crippen LogP contribution >= 0.6 is 23.1 Å². The van der Waals surface area contributed by atoms with Crippen molar-refractivity contribution >= 4 is 38.9 Å². The Balaban J connectivity index is 1.29. The van der Waals surface area contributed by atoms with Gasteiger partial charge >= 0.3 is 0 Å². The highest BCUT2D eigenvalue weighted by molar-refractivity contribution is 7.99. The Bertz CT molecular complexity index is 954. The lowest BCUT2D eigenvalue weighted by molar-refractivity contribution is 0.608. The predicted molar refractivity (Wildman–Crippen MR) is 136 cm³/mol. The average Bonchev–Trinajstić information content (AvgIpc) is 2.77. The molecule has 1 atom stereocenters. The Kier molecular flexibility index (Phi) is 9.28. The highest BCUT2D eigenvalue weighted by Crippen LogP contribution is 2.29. The zero-order chi connectivity index (χ0) is 21.2. The highest BCUT2D eigenvalue weighted by Gasteiger charge is 2.08. The second kappa shape index (κ2) is 12.2. The van der Waals surface area contributed by atoms with Gasteiger partial charge in [0.2, 0.25) is 4.74 Å². The Hall–Kier alpha value is -1.78. The van der Waals surface area contributed by atoms with Crippen LogP contribution in [0, 0.1) is 0 Å². The standard InChI is InChI=1S/C26H33NOS2/c1-21(22-14-8-7-9-15-22)29-19-13-6-4-3-5-12-18-27(2)24-20-26(28)30-25-17-11-10-16-23(24)25/h7-11,14-17,20-21H,3-6,12-13,18-19H2,1-2H3. The fraction of sp³-hybridized carbons (Fsp3) is 0.423. The van der Waals surface area contributed by atoms with E-state index in [4.69, 9.17) is 0 Å². The molecule has 4 heteroatoms. The van der Waals surface area contributed by atoms with Crippen molar-refractivity contribution in [3.8, 4) is 0 Å². The molecule has 1 unspecified atom stereocenters. The Labute approximate surface area is 189 Å². The molecule has 1 aromatic heterocycles. The van der Waals surface area contributed by atoms with E-state index in [0.29, 0.717) is 5.25 Å². The van der Waals surface area contributed by atoms with Crippen molar-refractivity contribution in [2.75, 3.05) is 24.2 Å². The first-order valence-electron chi connectivity index (χ1n) is 11.1. The van der Waals surface area contributed by atoms with Crippen LogP contribution in [-0.4, -0.2) is 19.3 Å².